The van der Waals surface area contributed by atoms with Crippen LogP contribution in [0.5, 0.6) is 5.75 Å². The molecule has 3 aliphatic rings. The summed E-state index contributed by atoms with van der Waals surface area (Å²) >= 11 is 0. The van der Waals surface area contributed by atoms with Gasteiger partial charge in [-0.3, -0.25) is 5.01 Å². The van der Waals surface area contributed by atoms with Gasteiger partial charge in [0.25, 0.3) is 0 Å². The van der Waals surface area contributed by atoms with Crippen molar-refractivity contribution in [3.63, 3.8) is 0 Å². The number of aromatic hydroxyl groups is 1. The number of hydrazone groups is 1. The highest BCUT2D eigenvalue weighted by molar-refractivity contribution is 7.93. The number of esters is 1. The highest BCUT2D eigenvalue weighted by Gasteiger charge is 2.45. The SMILES string of the molecule is CC(C)OC1=C(c2ccc(S(C)(=O)=O)cc2)C(C)(C)OC1=O.CCN1CC/C(=C\c2cc(C(C)(C)C)c(O)c(C(C)(C)C)c2)S1(=O)=O.NS(=O)(=O)c1ccc(-c2cn(-c3ccccc3)c(=O)o2)cc1.NS(=O)(=O)c1ccc(N2N=C(C(F)(F)F)CC2c2ccc(F)cc2F)cc1. The van der Waals surface area contributed by atoms with Gasteiger partial charge in [0.1, 0.15) is 28.7 Å². The third-order valence-corrected chi connectivity index (χ3v) is 20.2. The lowest BCUT2D eigenvalue weighted by Gasteiger charge is -2.28. The summed E-state index contributed by atoms with van der Waals surface area (Å²) in [5, 5.41) is 25.3. The van der Waals surface area contributed by atoms with Gasteiger partial charge in [-0.05, 0) is 153 Å². The van der Waals surface area contributed by atoms with E-state index < -0.39 is 93.2 Å². The van der Waals surface area contributed by atoms with Crippen molar-refractivity contribution in [3.05, 3.63) is 200 Å². The van der Waals surface area contributed by atoms with E-state index >= 15 is 0 Å². The number of halogens is 5. The Morgan fingerprint density at radius 2 is 1.27 bits per heavy atom. The molecule has 0 amide bonds. The first-order valence-electron chi connectivity index (χ1n) is 29.7. The molecule has 6 aromatic carbocycles. The van der Waals surface area contributed by atoms with Crippen molar-refractivity contribution in [2.75, 3.05) is 24.4 Å². The molecule has 3 aliphatic heterocycles. The second kappa shape index (κ2) is 28.4. The molecule has 7 aromatic rings. The quantitative estimate of drug-likeness (QED) is 0.0757. The van der Waals surface area contributed by atoms with Crippen molar-refractivity contribution in [2.24, 2.45) is 15.4 Å². The molecule has 1 saturated heterocycles. The van der Waals surface area contributed by atoms with Crippen molar-refractivity contribution in [3.8, 4) is 22.8 Å². The summed E-state index contributed by atoms with van der Waals surface area (Å²) < 4.78 is 179. The van der Waals surface area contributed by atoms with E-state index in [1.807, 2.05) is 51.1 Å². The molecule has 0 bridgehead atoms. The van der Waals surface area contributed by atoms with Gasteiger partial charge in [0.05, 0.1) is 54.9 Å². The topological polar surface area (TPSA) is 298 Å². The third-order valence-electron chi connectivity index (χ3n) is 15.1. The predicted molar refractivity (Wildman–Crippen MR) is 356 cm³/mol. The Morgan fingerprint density at radius 1 is 0.750 bits per heavy atom. The summed E-state index contributed by atoms with van der Waals surface area (Å²) in [6.07, 6.45) is -0.527. The molecule has 1 fully saturated rings. The maximum Gasteiger partial charge on any atom is 0.431 e. The number of benzene rings is 6. The van der Waals surface area contributed by atoms with E-state index in [0.29, 0.717) is 64.4 Å². The van der Waals surface area contributed by atoms with Crippen LogP contribution in [0.25, 0.3) is 28.7 Å². The molecule has 4 heterocycles. The minimum absolute atomic E-state index is 0.00101. The van der Waals surface area contributed by atoms with Crippen LogP contribution in [0, 0.1) is 11.6 Å². The number of sulfone groups is 1. The minimum Gasteiger partial charge on any atom is -0.507 e. The van der Waals surface area contributed by atoms with E-state index in [0.717, 1.165) is 52.2 Å². The fourth-order valence-electron chi connectivity index (χ4n) is 10.4. The number of sulfonamides is 3. The van der Waals surface area contributed by atoms with Crippen LogP contribution >= 0.6 is 0 Å². The molecule has 29 heteroatoms. The Hall–Kier alpha value is -8.32. The number of nitrogens with zero attached hydrogens (tertiary/aromatic N) is 4. The Balaban J connectivity index is 0.000000181. The molecule has 1 unspecified atom stereocenters. The smallest absolute Gasteiger partial charge is 0.431 e. The van der Waals surface area contributed by atoms with Gasteiger partial charge in [-0.1, -0.05) is 84.9 Å². The van der Waals surface area contributed by atoms with Crippen LogP contribution in [0.4, 0.5) is 27.6 Å². The highest BCUT2D eigenvalue weighted by atomic mass is 32.2. The van der Waals surface area contributed by atoms with Crippen LogP contribution in [0.3, 0.4) is 0 Å². The molecule has 0 saturated carbocycles. The van der Waals surface area contributed by atoms with Crippen LogP contribution in [0.1, 0.15) is 123 Å². The monoisotopic (exact) mass is 1410 g/mol. The van der Waals surface area contributed by atoms with Gasteiger partial charge in [-0.15, -0.1) is 0 Å². The number of rotatable bonds is 12. The Labute approximate surface area is 555 Å². The number of cyclic esters (lactones) is 1. The fraction of sp³-hybridized carbons (Fsp3) is 0.328. The number of nitrogens with two attached hydrogens (primary N) is 2. The molecule has 516 valence electrons. The number of hydrogen-bond donors (Lipinski definition) is 3. The van der Waals surface area contributed by atoms with Gasteiger partial charge in [-0.25, -0.2) is 66.9 Å². The van der Waals surface area contributed by atoms with Crippen LogP contribution in [-0.2, 0) is 65.0 Å². The number of primary sulfonamides is 2. The lowest BCUT2D eigenvalue weighted by molar-refractivity contribution is -0.147. The van der Waals surface area contributed by atoms with E-state index in [1.165, 1.54) is 57.4 Å². The number of oxazole rings is 1. The number of carbonyl (C=O) groups excluding carboxylic acids is 1. The van der Waals surface area contributed by atoms with Gasteiger partial charge >= 0.3 is 17.9 Å². The van der Waals surface area contributed by atoms with Crippen molar-refractivity contribution in [1.29, 1.82) is 0 Å². The third kappa shape index (κ3) is 18.0. The van der Waals surface area contributed by atoms with Crippen LogP contribution in [0.2, 0.25) is 0 Å². The Bertz CT molecular complexity index is 4640. The van der Waals surface area contributed by atoms with Crippen molar-refractivity contribution in [2.45, 2.75) is 138 Å². The number of phenols is 1. The molecule has 96 heavy (non-hydrogen) atoms. The van der Waals surface area contributed by atoms with Gasteiger partial charge in [0.2, 0.25) is 35.8 Å². The van der Waals surface area contributed by atoms with E-state index in [9.17, 15) is 70.3 Å². The molecule has 0 radical (unpaired) electrons. The number of alkyl halides is 3. The van der Waals surface area contributed by atoms with Gasteiger partial charge in [0, 0.05) is 54.1 Å². The number of para-hydroxylation sites is 1. The Kier molecular flexibility index (Phi) is 22.2. The van der Waals surface area contributed by atoms with E-state index in [2.05, 4.69) is 46.6 Å². The molecular weight excluding hydrogens is 1340 g/mol. The highest BCUT2D eigenvalue weighted by Crippen LogP contribution is 2.44. The second-order valence-electron chi connectivity index (χ2n) is 25.3. The normalized spacial score (nSPS) is 17.1. The summed E-state index contributed by atoms with van der Waals surface area (Å²) in [6.45, 7) is 22.4. The molecular formula is C67H75F5N6O14S4. The van der Waals surface area contributed by atoms with Gasteiger partial charge in [0.15, 0.2) is 15.6 Å². The molecule has 1 atom stereocenters. The van der Waals surface area contributed by atoms with Gasteiger partial charge < -0.3 is 19.0 Å². The van der Waals surface area contributed by atoms with E-state index in [1.54, 1.807) is 50.4 Å². The number of phenolic OH excluding ortho intramolecular Hbond substituents is 1. The largest absolute Gasteiger partial charge is 0.507 e. The number of carbonyl (C=O) groups is 1. The first-order chi connectivity index (χ1) is 44.2. The Morgan fingerprint density at radius 3 is 1.74 bits per heavy atom. The minimum atomic E-state index is -4.73. The molecule has 5 N–H and O–H groups in total. The summed E-state index contributed by atoms with van der Waals surface area (Å²) in [4.78, 5) is 24.4. The average Bonchev–Trinajstić information content (AvgIpc) is 1.43. The van der Waals surface area contributed by atoms with E-state index in [-0.39, 0.29) is 48.6 Å². The summed E-state index contributed by atoms with van der Waals surface area (Å²) in [7, 11) is -14.3. The zero-order valence-electron chi connectivity index (χ0n) is 54.6. The lowest BCUT2D eigenvalue weighted by Crippen LogP contribution is -2.24. The number of ether oxygens (including phenoxy) is 2. The van der Waals surface area contributed by atoms with Crippen molar-refractivity contribution in [1.82, 2.24) is 8.87 Å². The molecule has 0 spiro atoms. The fourth-order valence-corrected chi connectivity index (χ4v) is 13.7. The predicted octanol–water partition coefficient (Wildman–Crippen LogP) is 12.2. The van der Waals surface area contributed by atoms with Crippen LogP contribution in [0.15, 0.2) is 179 Å². The second-order valence-corrected chi connectivity index (χ2v) is 32.5. The first-order valence-corrected chi connectivity index (χ1v) is 36.1. The van der Waals surface area contributed by atoms with E-state index in [4.69, 9.17) is 24.2 Å². The lowest BCUT2D eigenvalue weighted by atomic mass is 9.78. The summed E-state index contributed by atoms with van der Waals surface area (Å²) in [5.74, 6) is -2.05. The molecule has 1 aromatic heterocycles. The summed E-state index contributed by atoms with van der Waals surface area (Å²) in [6, 6.07) is 31.0. The standard InChI is InChI=1S/C20H31NO3S.C16H12F5N3O2S.C16H20O5S.C15H12N2O4S/c1-8-21-10-9-15(25(21,23)24)11-14-12-16(19(2,3)4)18(22)17(13-14)20(5,6)7;17-9-1-6-12(13(18)7-9)14-8-15(16(19,20)21)23-24(14)10-2-4-11(5-3-10)27(22,25)26;1-10(2)20-14-13(16(3,4)21-15(14)17)11-6-8-12(9-7-11)22(5,18)19;16-22(19,20)13-8-6-11(7-9-13)14-10-17(15(18)21-14)12-4-2-1-3-5-12/h11-13,22H,8-10H2,1-7H3;1-7,14H,8H2,(H2,22,25,26);6-10H,1-5H3;1-10H,(H2,16,19,20)/b15-11+;;;. The zero-order valence-corrected chi connectivity index (χ0v) is 57.8. The van der Waals surface area contributed by atoms with Crippen LogP contribution < -0.4 is 21.0 Å². The first kappa shape index (κ1) is 75.1. The molecule has 20 nitrogen and oxygen atoms in total. The summed E-state index contributed by atoms with van der Waals surface area (Å²) in [5.41, 5.74) is 2.62. The van der Waals surface area contributed by atoms with Gasteiger partial charge in [-0.2, -0.15) is 22.6 Å². The maximum atomic E-state index is 14.1. The number of anilines is 1. The van der Waals surface area contributed by atoms with Crippen LogP contribution in [-0.4, -0.2) is 96.6 Å². The maximum absolute atomic E-state index is 14.1. The number of hydrogen-bond acceptors (Lipinski definition) is 16. The van der Waals surface area contributed by atoms with Crippen molar-refractivity contribution >= 4 is 68.9 Å². The average molecular weight is 1410 g/mol. The number of aromatic nitrogens is 1. The van der Waals surface area contributed by atoms with Crippen molar-refractivity contribution < 1.29 is 79.4 Å². The molecule has 0 aliphatic carbocycles. The zero-order chi connectivity index (χ0) is 71.6. The molecule has 10 rings (SSSR count).